The van der Waals surface area contributed by atoms with Crippen molar-refractivity contribution in [3.8, 4) is 0 Å². The second kappa shape index (κ2) is 6.92. The fourth-order valence-electron chi connectivity index (χ4n) is 1.23. The average Bonchev–Trinajstić information content (AvgIpc) is 2.70. The van der Waals surface area contributed by atoms with Gasteiger partial charge < -0.3 is 10.1 Å². The van der Waals surface area contributed by atoms with Crippen molar-refractivity contribution >= 4 is 11.3 Å². The number of ether oxygens (including phenoxy) is 1. The SMILES string of the molecule is COCCCCN[C@@H](C)c1nccs1. The molecule has 0 aromatic carbocycles. The summed E-state index contributed by atoms with van der Waals surface area (Å²) in [6.07, 6.45) is 4.13. The number of nitrogens with zero attached hydrogens (tertiary/aromatic N) is 1. The first-order valence-corrected chi connectivity index (χ1v) is 5.84. The summed E-state index contributed by atoms with van der Waals surface area (Å²) in [7, 11) is 1.74. The fourth-order valence-corrected chi connectivity index (χ4v) is 1.90. The molecule has 0 spiro atoms. The first-order chi connectivity index (χ1) is 6.84. The van der Waals surface area contributed by atoms with Gasteiger partial charge in [0.2, 0.25) is 0 Å². The van der Waals surface area contributed by atoms with Gasteiger partial charge in [0.05, 0.1) is 6.04 Å². The molecule has 0 bridgehead atoms. The number of unbranched alkanes of at least 4 members (excludes halogenated alkanes) is 1. The summed E-state index contributed by atoms with van der Waals surface area (Å²) in [6, 6.07) is 0.373. The van der Waals surface area contributed by atoms with Gasteiger partial charge in [0.25, 0.3) is 0 Å². The second-order valence-electron chi connectivity index (χ2n) is 3.25. The quantitative estimate of drug-likeness (QED) is 0.707. The summed E-state index contributed by atoms with van der Waals surface area (Å²) >= 11 is 1.70. The Bertz CT molecular complexity index is 226. The summed E-state index contributed by atoms with van der Waals surface area (Å²) in [5, 5.41) is 6.61. The molecule has 0 aliphatic rings. The number of nitrogens with one attached hydrogen (secondary N) is 1. The first-order valence-electron chi connectivity index (χ1n) is 4.96. The lowest BCUT2D eigenvalue weighted by atomic mass is 10.3. The van der Waals surface area contributed by atoms with Crippen molar-refractivity contribution in [1.29, 1.82) is 0 Å². The van der Waals surface area contributed by atoms with E-state index in [9.17, 15) is 0 Å². The second-order valence-corrected chi connectivity index (χ2v) is 4.17. The van der Waals surface area contributed by atoms with Crippen LogP contribution in [-0.4, -0.2) is 25.2 Å². The molecule has 14 heavy (non-hydrogen) atoms. The van der Waals surface area contributed by atoms with Crippen LogP contribution in [0.4, 0.5) is 0 Å². The Labute approximate surface area is 89.5 Å². The largest absolute Gasteiger partial charge is 0.385 e. The van der Waals surface area contributed by atoms with E-state index in [0.29, 0.717) is 6.04 Å². The molecular formula is C10H18N2OS. The van der Waals surface area contributed by atoms with Crippen molar-refractivity contribution in [2.45, 2.75) is 25.8 Å². The maximum Gasteiger partial charge on any atom is 0.109 e. The predicted octanol–water partition coefficient (Wildman–Crippen LogP) is 2.22. The van der Waals surface area contributed by atoms with E-state index < -0.39 is 0 Å². The molecule has 1 aromatic rings. The Balaban J connectivity index is 2.07. The summed E-state index contributed by atoms with van der Waals surface area (Å²) in [5.41, 5.74) is 0. The number of thiazole rings is 1. The van der Waals surface area contributed by atoms with Crippen LogP contribution in [0.25, 0.3) is 0 Å². The third-order valence-corrected chi connectivity index (χ3v) is 3.01. The molecule has 1 heterocycles. The third kappa shape index (κ3) is 4.17. The molecule has 0 saturated heterocycles. The van der Waals surface area contributed by atoms with Crippen LogP contribution in [-0.2, 0) is 4.74 Å². The molecule has 1 atom stereocenters. The van der Waals surface area contributed by atoms with Gasteiger partial charge in [-0.1, -0.05) is 0 Å². The van der Waals surface area contributed by atoms with Gasteiger partial charge >= 0.3 is 0 Å². The van der Waals surface area contributed by atoms with E-state index in [1.807, 2.05) is 11.6 Å². The Morgan fingerprint density at radius 1 is 1.57 bits per heavy atom. The summed E-state index contributed by atoms with van der Waals surface area (Å²) in [4.78, 5) is 4.26. The zero-order valence-corrected chi connectivity index (χ0v) is 9.64. The highest BCUT2D eigenvalue weighted by Crippen LogP contribution is 2.14. The molecule has 0 amide bonds. The molecule has 3 nitrogen and oxygen atoms in total. The molecule has 1 aromatic heterocycles. The van der Waals surface area contributed by atoms with Gasteiger partial charge in [-0.25, -0.2) is 4.98 Å². The van der Waals surface area contributed by atoms with Crippen LogP contribution >= 0.6 is 11.3 Å². The van der Waals surface area contributed by atoms with Crippen LogP contribution in [0, 0.1) is 0 Å². The molecule has 80 valence electrons. The van der Waals surface area contributed by atoms with Crippen molar-refractivity contribution in [1.82, 2.24) is 10.3 Å². The van der Waals surface area contributed by atoms with Crippen LogP contribution in [0.2, 0.25) is 0 Å². The maximum absolute atomic E-state index is 4.98. The predicted molar refractivity (Wildman–Crippen MR) is 59.6 cm³/mol. The normalized spacial score (nSPS) is 13.0. The number of hydrogen-bond acceptors (Lipinski definition) is 4. The van der Waals surface area contributed by atoms with Crippen molar-refractivity contribution in [2.24, 2.45) is 0 Å². The van der Waals surface area contributed by atoms with E-state index >= 15 is 0 Å². The van der Waals surface area contributed by atoms with E-state index in [4.69, 9.17) is 4.74 Å². The number of hydrogen-bond donors (Lipinski definition) is 1. The highest BCUT2D eigenvalue weighted by Gasteiger charge is 2.05. The van der Waals surface area contributed by atoms with Crippen molar-refractivity contribution in [3.63, 3.8) is 0 Å². The van der Waals surface area contributed by atoms with E-state index in [1.165, 1.54) is 0 Å². The highest BCUT2D eigenvalue weighted by molar-refractivity contribution is 7.09. The molecule has 0 fully saturated rings. The van der Waals surface area contributed by atoms with Crippen LogP contribution < -0.4 is 5.32 Å². The zero-order chi connectivity index (χ0) is 10.2. The Morgan fingerprint density at radius 3 is 3.07 bits per heavy atom. The molecule has 1 rings (SSSR count). The van der Waals surface area contributed by atoms with Gasteiger partial charge in [0.15, 0.2) is 0 Å². The van der Waals surface area contributed by atoms with E-state index in [1.54, 1.807) is 18.4 Å². The molecule has 0 aliphatic heterocycles. The van der Waals surface area contributed by atoms with E-state index in [2.05, 4.69) is 17.2 Å². The molecule has 0 aliphatic carbocycles. The number of rotatable bonds is 7. The minimum atomic E-state index is 0.373. The van der Waals surface area contributed by atoms with Gasteiger partial charge in [-0.15, -0.1) is 11.3 Å². The van der Waals surface area contributed by atoms with Crippen LogP contribution in [0.15, 0.2) is 11.6 Å². The van der Waals surface area contributed by atoms with E-state index in [0.717, 1.165) is 31.0 Å². The number of methoxy groups -OCH3 is 1. The van der Waals surface area contributed by atoms with Crippen molar-refractivity contribution in [3.05, 3.63) is 16.6 Å². The highest BCUT2D eigenvalue weighted by atomic mass is 32.1. The van der Waals surface area contributed by atoms with E-state index in [-0.39, 0.29) is 0 Å². The molecule has 1 N–H and O–H groups in total. The van der Waals surface area contributed by atoms with Crippen molar-refractivity contribution in [2.75, 3.05) is 20.3 Å². The Morgan fingerprint density at radius 2 is 2.43 bits per heavy atom. The van der Waals surface area contributed by atoms with Gasteiger partial charge in [-0.05, 0) is 26.3 Å². The molecule has 0 unspecified atom stereocenters. The van der Waals surface area contributed by atoms with Gasteiger partial charge in [0, 0.05) is 25.3 Å². The monoisotopic (exact) mass is 214 g/mol. The molecular weight excluding hydrogens is 196 g/mol. The number of aromatic nitrogens is 1. The van der Waals surface area contributed by atoms with Crippen LogP contribution in [0.5, 0.6) is 0 Å². The zero-order valence-electron chi connectivity index (χ0n) is 8.82. The third-order valence-electron chi connectivity index (χ3n) is 2.05. The minimum absolute atomic E-state index is 0.373. The Kier molecular flexibility index (Phi) is 5.75. The first kappa shape index (κ1) is 11.6. The maximum atomic E-state index is 4.98. The lowest BCUT2D eigenvalue weighted by Crippen LogP contribution is -2.19. The topological polar surface area (TPSA) is 34.1 Å². The summed E-state index contributed by atoms with van der Waals surface area (Å²) in [6.45, 7) is 4.03. The minimum Gasteiger partial charge on any atom is -0.385 e. The average molecular weight is 214 g/mol. The van der Waals surface area contributed by atoms with Crippen molar-refractivity contribution < 1.29 is 4.74 Å². The Hall–Kier alpha value is -0.450. The summed E-state index contributed by atoms with van der Waals surface area (Å²) in [5.74, 6) is 0. The van der Waals surface area contributed by atoms with Crippen LogP contribution in [0.3, 0.4) is 0 Å². The van der Waals surface area contributed by atoms with Gasteiger partial charge in [-0.3, -0.25) is 0 Å². The fraction of sp³-hybridized carbons (Fsp3) is 0.700. The van der Waals surface area contributed by atoms with Gasteiger partial charge in [-0.2, -0.15) is 0 Å². The molecule has 0 radical (unpaired) electrons. The smallest absolute Gasteiger partial charge is 0.109 e. The summed E-state index contributed by atoms with van der Waals surface area (Å²) < 4.78 is 4.98. The lowest BCUT2D eigenvalue weighted by Gasteiger charge is -2.10. The van der Waals surface area contributed by atoms with Gasteiger partial charge in [0.1, 0.15) is 5.01 Å². The lowest BCUT2D eigenvalue weighted by molar-refractivity contribution is 0.192. The standard InChI is InChI=1S/C10H18N2OS/c1-9(10-12-6-8-14-10)11-5-3-4-7-13-2/h6,8-9,11H,3-5,7H2,1-2H3/t9-/m0/s1. The molecule has 4 heteroatoms. The molecule has 0 saturated carbocycles. The van der Waals surface area contributed by atoms with Crippen LogP contribution in [0.1, 0.15) is 30.8 Å².